The van der Waals surface area contributed by atoms with E-state index >= 15 is 0 Å². The van der Waals surface area contributed by atoms with Gasteiger partial charge in [-0.1, -0.05) is 42.5 Å². The molecular weight excluding hydrogens is 289 g/mol. The average molecular weight is 307 g/mol. The topological polar surface area (TPSA) is 21.3 Å². The minimum Gasteiger partial charge on any atom is -0.489 e. The number of hydrogen-bond acceptors (Lipinski definition) is 2. The minimum atomic E-state index is -0.234. The van der Waals surface area contributed by atoms with Gasteiger partial charge in [0.1, 0.15) is 18.2 Å². The van der Waals surface area contributed by atoms with Crippen LogP contribution < -0.4 is 10.1 Å². The van der Waals surface area contributed by atoms with E-state index in [4.69, 9.17) is 4.74 Å². The second-order valence-electron chi connectivity index (χ2n) is 5.28. The Kier molecular flexibility index (Phi) is 4.89. The molecule has 0 saturated carbocycles. The SMILES string of the molecule is Fc1ccc(COc2cccc(CNc3ccccc3)c2)cc1. The summed E-state index contributed by atoms with van der Waals surface area (Å²) in [7, 11) is 0. The molecule has 3 rings (SSSR count). The maximum Gasteiger partial charge on any atom is 0.123 e. The summed E-state index contributed by atoms with van der Waals surface area (Å²) in [5.41, 5.74) is 3.18. The molecule has 0 aromatic heterocycles. The van der Waals surface area contributed by atoms with Crippen LogP contribution in [-0.2, 0) is 13.2 Å². The lowest BCUT2D eigenvalue weighted by Gasteiger charge is -2.10. The van der Waals surface area contributed by atoms with Crippen LogP contribution in [0.2, 0.25) is 0 Å². The summed E-state index contributed by atoms with van der Waals surface area (Å²) >= 11 is 0. The van der Waals surface area contributed by atoms with Crippen molar-refractivity contribution in [3.05, 3.63) is 95.8 Å². The van der Waals surface area contributed by atoms with E-state index in [0.29, 0.717) is 6.61 Å². The zero-order valence-electron chi connectivity index (χ0n) is 12.7. The Morgan fingerprint density at radius 3 is 2.35 bits per heavy atom. The molecular formula is C20H18FNO. The van der Waals surface area contributed by atoms with Gasteiger partial charge in [-0.05, 0) is 47.5 Å². The first kappa shape index (κ1) is 15.1. The first-order chi connectivity index (χ1) is 11.3. The van der Waals surface area contributed by atoms with Crippen molar-refractivity contribution in [3.63, 3.8) is 0 Å². The van der Waals surface area contributed by atoms with Gasteiger partial charge >= 0.3 is 0 Å². The molecule has 0 fully saturated rings. The van der Waals surface area contributed by atoms with Gasteiger partial charge in [0.05, 0.1) is 0 Å². The van der Waals surface area contributed by atoms with Crippen molar-refractivity contribution in [2.45, 2.75) is 13.2 Å². The van der Waals surface area contributed by atoms with Gasteiger partial charge in [-0.15, -0.1) is 0 Å². The second kappa shape index (κ2) is 7.45. The van der Waals surface area contributed by atoms with E-state index in [1.807, 2.05) is 48.5 Å². The van der Waals surface area contributed by atoms with Crippen molar-refractivity contribution in [2.75, 3.05) is 5.32 Å². The Morgan fingerprint density at radius 2 is 1.57 bits per heavy atom. The van der Waals surface area contributed by atoms with Gasteiger partial charge in [0, 0.05) is 12.2 Å². The van der Waals surface area contributed by atoms with E-state index < -0.39 is 0 Å². The molecule has 0 bridgehead atoms. The fourth-order valence-corrected chi connectivity index (χ4v) is 2.25. The quantitative estimate of drug-likeness (QED) is 0.690. The molecule has 0 aliphatic heterocycles. The average Bonchev–Trinajstić information content (AvgIpc) is 2.61. The molecule has 0 unspecified atom stereocenters. The molecule has 0 spiro atoms. The van der Waals surface area contributed by atoms with Gasteiger partial charge in [0.15, 0.2) is 0 Å². The zero-order chi connectivity index (χ0) is 15.9. The number of rotatable bonds is 6. The maximum atomic E-state index is 12.9. The highest BCUT2D eigenvalue weighted by Gasteiger charge is 1.99. The van der Waals surface area contributed by atoms with Crippen LogP contribution in [0.1, 0.15) is 11.1 Å². The highest BCUT2D eigenvalue weighted by Crippen LogP contribution is 2.17. The van der Waals surface area contributed by atoms with Gasteiger partial charge < -0.3 is 10.1 Å². The van der Waals surface area contributed by atoms with Gasteiger partial charge in [-0.25, -0.2) is 4.39 Å². The molecule has 0 amide bonds. The molecule has 3 heteroatoms. The van der Waals surface area contributed by atoms with Crippen molar-refractivity contribution in [2.24, 2.45) is 0 Å². The molecule has 0 radical (unpaired) electrons. The number of benzene rings is 3. The highest BCUT2D eigenvalue weighted by molar-refractivity contribution is 5.43. The molecule has 0 aliphatic carbocycles. The molecule has 0 aliphatic rings. The molecule has 116 valence electrons. The van der Waals surface area contributed by atoms with Gasteiger partial charge in [0.25, 0.3) is 0 Å². The van der Waals surface area contributed by atoms with E-state index in [-0.39, 0.29) is 5.82 Å². The van der Waals surface area contributed by atoms with E-state index in [2.05, 4.69) is 11.4 Å². The van der Waals surface area contributed by atoms with Crippen molar-refractivity contribution in [3.8, 4) is 5.75 Å². The second-order valence-corrected chi connectivity index (χ2v) is 5.28. The summed E-state index contributed by atoms with van der Waals surface area (Å²) in [5.74, 6) is 0.574. The number of hydrogen-bond donors (Lipinski definition) is 1. The summed E-state index contributed by atoms with van der Waals surface area (Å²) in [4.78, 5) is 0. The first-order valence-electron chi connectivity index (χ1n) is 7.55. The summed E-state index contributed by atoms with van der Waals surface area (Å²) < 4.78 is 18.7. The molecule has 0 heterocycles. The van der Waals surface area contributed by atoms with Crippen molar-refractivity contribution in [1.82, 2.24) is 0 Å². The van der Waals surface area contributed by atoms with Crippen molar-refractivity contribution in [1.29, 1.82) is 0 Å². The zero-order valence-corrected chi connectivity index (χ0v) is 12.7. The molecule has 3 aromatic carbocycles. The number of ether oxygens (including phenoxy) is 1. The predicted molar refractivity (Wildman–Crippen MR) is 90.9 cm³/mol. The van der Waals surface area contributed by atoms with E-state index in [1.165, 1.54) is 12.1 Å². The van der Waals surface area contributed by atoms with Gasteiger partial charge in [-0.3, -0.25) is 0 Å². The number of nitrogens with one attached hydrogen (secondary N) is 1. The third-order valence-corrected chi connectivity index (χ3v) is 3.49. The highest BCUT2D eigenvalue weighted by atomic mass is 19.1. The summed E-state index contributed by atoms with van der Waals surface area (Å²) in [6.45, 7) is 1.16. The molecule has 23 heavy (non-hydrogen) atoms. The van der Waals surface area contributed by atoms with E-state index in [1.54, 1.807) is 12.1 Å². The Hall–Kier alpha value is -2.81. The molecule has 2 nitrogen and oxygen atoms in total. The first-order valence-corrected chi connectivity index (χ1v) is 7.55. The lowest BCUT2D eigenvalue weighted by atomic mass is 10.2. The number of para-hydroxylation sites is 1. The van der Waals surface area contributed by atoms with Crippen LogP contribution in [0.15, 0.2) is 78.9 Å². The molecule has 1 N–H and O–H groups in total. The lowest BCUT2D eigenvalue weighted by molar-refractivity contribution is 0.306. The Morgan fingerprint density at radius 1 is 0.783 bits per heavy atom. The van der Waals surface area contributed by atoms with Crippen LogP contribution in [0.3, 0.4) is 0 Å². The Balaban J connectivity index is 1.57. The largest absolute Gasteiger partial charge is 0.489 e. The van der Waals surface area contributed by atoms with E-state index in [9.17, 15) is 4.39 Å². The fraction of sp³-hybridized carbons (Fsp3) is 0.100. The maximum absolute atomic E-state index is 12.9. The number of halogens is 1. The smallest absolute Gasteiger partial charge is 0.123 e. The standard InChI is InChI=1S/C20H18FNO/c21-18-11-9-16(10-12-18)15-23-20-8-4-5-17(13-20)14-22-19-6-2-1-3-7-19/h1-13,22H,14-15H2. The van der Waals surface area contributed by atoms with Crippen LogP contribution >= 0.6 is 0 Å². The van der Waals surface area contributed by atoms with Crippen LogP contribution in [-0.4, -0.2) is 0 Å². The monoisotopic (exact) mass is 307 g/mol. The van der Waals surface area contributed by atoms with Crippen molar-refractivity contribution >= 4 is 5.69 Å². The normalized spacial score (nSPS) is 10.3. The minimum absolute atomic E-state index is 0.234. The number of anilines is 1. The van der Waals surface area contributed by atoms with Crippen molar-refractivity contribution < 1.29 is 9.13 Å². The van der Waals surface area contributed by atoms with E-state index in [0.717, 1.165) is 29.1 Å². The molecule has 3 aromatic rings. The fourth-order valence-electron chi connectivity index (χ4n) is 2.25. The summed E-state index contributed by atoms with van der Waals surface area (Å²) in [6.07, 6.45) is 0. The summed E-state index contributed by atoms with van der Waals surface area (Å²) in [5, 5.41) is 3.37. The van der Waals surface area contributed by atoms with Crippen LogP contribution in [0, 0.1) is 5.82 Å². The lowest BCUT2D eigenvalue weighted by Crippen LogP contribution is -2.00. The third kappa shape index (κ3) is 4.58. The van der Waals surface area contributed by atoms with Crippen LogP contribution in [0.5, 0.6) is 5.75 Å². The van der Waals surface area contributed by atoms with Crippen LogP contribution in [0.4, 0.5) is 10.1 Å². The molecule has 0 atom stereocenters. The van der Waals surface area contributed by atoms with Gasteiger partial charge in [0.2, 0.25) is 0 Å². The Labute approximate surface area is 135 Å². The predicted octanol–water partition coefficient (Wildman–Crippen LogP) is 5.02. The van der Waals surface area contributed by atoms with Crippen LogP contribution in [0.25, 0.3) is 0 Å². The summed E-state index contributed by atoms with van der Waals surface area (Å²) in [6, 6.07) is 24.4. The van der Waals surface area contributed by atoms with Gasteiger partial charge in [-0.2, -0.15) is 0 Å². The molecule has 0 saturated heterocycles. The Bertz CT molecular complexity index is 741. The third-order valence-electron chi connectivity index (χ3n) is 3.49.